The Morgan fingerprint density at radius 2 is 2.12 bits per heavy atom. The molecule has 0 bridgehead atoms. The largest absolute Gasteiger partial charge is 0.409 e. The predicted octanol–water partition coefficient (Wildman–Crippen LogP) is 1.21. The predicted molar refractivity (Wildman–Crippen MR) is 58.8 cm³/mol. The molecule has 0 saturated carbocycles. The van der Waals surface area contributed by atoms with Gasteiger partial charge >= 0.3 is 6.18 Å². The van der Waals surface area contributed by atoms with E-state index in [0.717, 1.165) is 5.75 Å². The van der Waals surface area contributed by atoms with Crippen LogP contribution in [-0.4, -0.2) is 54.3 Å². The minimum absolute atomic E-state index is 0.306. The van der Waals surface area contributed by atoms with Gasteiger partial charge in [-0.05, 0) is 13.3 Å². The van der Waals surface area contributed by atoms with E-state index in [-0.39, 0.29) is 6.54 Å². The molecule has 0 aromatic rings. The van der Waals surface area contributed by atoms with Gasteiger partial charge in [0, 0.05) is 18.8 Å². The molecule has 16 heavy (non-hydrogen) atoms. The fourth-order valence-electron chi connectivity index (χ4n) is 1.08. The molecule has 0 saturated heterocycles. The lowest BCUT2D eigenvalue weighted by molar-refractivity contribution is -0.159. The van der Waals surface area contributed by atoms with Crippen LogP contribution in [0.2, 0.25) is 0 Å². The lowest BCUT2D eigenvalue weighted by Gasteiger charge is -2.24. The quantitative estimate of drug-likeness (QED) is 0.326. The first-order chi connectivity index (χ1) is 7.32. The first-order valence-corrected chi connectivity index (χ1v) is 5.94. The summed E-state index contributed by atoms with van der Waals surface area (Å²) >= 11 is 1.54. The second kappa shape index (κ2) is 6.85. The molecule has 0 aromatic heterocycles. The number of nitrogens with two attached hydrogens (primary N) is 1. The highest BCUT2D eigenvalue weighted by Gasteiger charge is 2.43. The number of thioether (sulfide) groups is 1. The third-order valence-corrected chi connectivity index (χ3v) is 2.63. The van der Waals surface area contributed by atoms with Crippen LogP contribution < -0.4 is 5.73 Å². The lowest BCUT2D eigenvalue weighted by atomic mass is 10.1. The van der Waals surface area contributed by atoms with Crippen LogP contribution in [0.25, 0.3) is 0 Å². The van der Waals surface area contributed by atoms with E-state index in [4.69, 9.17) is 10.9 Å². The van der Waals surface area contributed by atoms with Crippen molar-refractivity contribution >= 4 is 17.6 Å². The Morgan fingerprint density at radius 1 is 1.56 bits per heavy atom. The summed E-state index contributed by atoms with van der Waals surface area (Å²) in [6.07, 6.45) is -2.62. The van der Waals surface area contributed by atoms with E-state index < -0.39 is 17.9 Å². The fraction of sp³-hybridized carbons (Fsp3) is 0.875. The van der Waals surface area contributed by atoms with E-state index in [1.165, 1.54) is 4.90 Å². The maximum atomic E-state index is 12.5. The van der Waals surface area contributed by atoms with E-state index in [2.05, 4.69) is 5.16 Å². The van der Waals surface area contributed by atoms with Crippen LogP contribution in [0.3, 0.4) is 0 Å². The fourth-order valence-corrected chi connectivity index (χ4v) is 1.58. The molecule has 0 radical (unpaired) electrons. The molecule has 0 aliphatic carbocycles. The zero-order valence-corrected chi connectivity index (χ0v) is 9.98. The molecule has 4 nitrogen and oxygen atoms in total. The number of nitrogens with zero attached hydrogens (tertiary/aromatic N) is 2. The number of rotatable bonds is 6. The van der Waals surface area contributed by atoms with Crippen molar-refractivity contribution in [1.29, 1.82) is 0 Å². The Balaban J connectivity index is 4.45. The monoisotopic (exact) mass is 259 g/mol. The summed E-state index contributed by atoms with van der Waals surface area (Å²) in [4.78, 5) is 1.51. The molecule has 0 heterocycles. The Hall–Kier alpha value is -0.630. The average molecular weight is 259 g/mol. The van der Waals surface area contributed by atoms with E-state index in [1.54, 1.807) is 18.8 Å². The number of oxime groups is 1. The first kappa shape index (κ1) is 15.4. The summed E-state index contributed by atoms with van der Waals surface area (Å²) in [5.41, 5.74) is 5.03. The molecule has 0 rings (SSSR count). The second-order valence-corrected chi connectivity index (χ2v) is 4.36. The zero-order valence-electron chi connectivity index (χ0n) is 9.16. The van der Waals surface area contributed by atoms with Crippen molar-refractivity contribution in [2.45, 2.75) is 6.18 Å². The number of alkyl halides is 3. The SMILES string of the molecule is CSCCN(C)CC(C(N)=NO)C(F)(F)F. The molecule has 1 unspecified atom stereocenters. The molecular weight excluding hydrogens is 243 g/mol. The topological polar surface area (TPSA) is 61.8 Å². The number of halogens is 3. The van der Waals surface area contributed by atoms with Gasteiger partial charge in [0.05, 0.1) is 0 Å². The Bertz CT molecular complexity index is 235. The Kier molecular flexibility index (Phi) is 6.58. The average Bonchev–Trinajstić information content (AvgIpc) is 2.20. The summed E-state index contributed by atoms with van der Waals surface area (Å²) < 4.78 is 37.6. The van der Waals surface area contributed by atoms with Gasteiger partial charge in [-0.1, -0.05) is 5.16 Å². The van der Waals surface area contributed by atoms with E-state index in [0.29, 0.717) is 6.54 Å². The normalized spacial score (nSPS) is 15.5. The summed E-state index contributed by atoms with van der Waals surface area (Å²) in [5, 5.41) is 10.7. The summed E-state index contributed by atoms with van der Waals surface area (Å²) in [7, 11) is 1.57. The standard InChI is InChI=1S/C8H16F3N3OS/c1-14(3-4-16-2)5-6(7(12)13-15)8(9,10)11/h6,15H,3-5H2,1-2H3,(H2,12,13). The van der Waals surface area contributed by atoms with Gasteiger partial charge in [-0.25, -0.2) is 0 Å². The van der Waals surface area contributed by atoms with Crippen LogP contribution in [-0.2, 0) is 0 Å². The number of amidine groups is 1. The van der Waals surface area contributed by atoms with Gasteiger partial charge in [-0.3, -0.25) is 0 Å². The molecule has 96 valence electrons. The van der Waals surface area contributed by atoms with E-state index in [9.17, 15) is 13.2 Å². The molecule has 0 aliphatic heterocycles. The van der Waals surface area contributed by atoms with Gasteiger partial charge in [-0.2, -0.15) is 24.9 Å². The molecule has 0 spiro atoms. The van der Waals surface area contributed by atoms with Gasteiger partial charge in [-0.15, -0.1) is 0 Å². The molecule has 0 aromatic carbocycles. The summed E-state index contributed by atoms with van der Waals surface area (Å²) in [6.45, 7) is 0.215. The van der Waals surface area contributed by atoms with Gasteiger partial charge in [0.25, 0.3) is 0 Å². The molecular formula is C8H16F3N3OS. The van der Waals surface area contributed by atoms with Gasteiger partial charge < -0.3 is 15.8 Å². The minimum atomic E-state index is -4.50. The number of hydrogen-bond donors (Lipinski definition) is 2. The first-order valence-electron chi connectivity index (χ1n) is 4.54. The van der Waals surface area contributed by atoms with Crippen LogP contribution >= 0.6 is 11.8 Å². The van der Waals surface area contributed by atoms with Crippen molar-refractivity contribution in [3.63, 3.8) is 0 Å². The van der Waals surface area contributed by atoms with Crippen LogP contribution in [0.1, 0.15) is 0 Å². The summed E-state index contributed by atoms with van der Waals surface area (Å²) in [5.74, 6) is -2.00. The van der Waals surface area contributed by atoms with Crippen molar-refractivity contribution in [3.8, 4) is 0 Å². The van der Waals surface area contributed by atoms with Crippen molar-refractivity contribution in [2.24, 2.45) is 16.8 Å². The lowest BCUT2D eigenvalue weighted by Crippen LogP contribution is -2.43. The highest BCUT2D eigenvalue weighted by Crippen LogP contribution is 2.27. The van der Waals surface area contributed by atoms with Gasteiger partial charge in [0.2, 0.25) is 0 Å². The molecule has 0 aliphatic rings. The smallest absolute Gasteiger partial charge is 0.400 e. The highest BCUT2D eigenvalue weighted by atomic mass is 32.2. The van der Waals surface area contributed by atoms with Crippen molar-refractivity contribution in [1.82, 2.24) is 4.90 Å². The molecule has 3 N–H and O–H groups in total. The highest BCUT2D eigenvalue weighted by molar-refractivity contribution is 7.98. The van der Waals surface area contributed by atoms with Crippen molar-refractivity contribution < 1.29 is 18.4 Å². The van der Waals surface area contributed by atoms with Crippen molar-refractivity contribution in [3.05, 3.63) is 0 Å². The second-order valence-electron chi connectivity index (χ2n) is 3.37. The molecule has 1 atom stereocenters. The maximum Gasteiger partial charge on any atom is 0.400 e. The Labute approximate surface area is 96.7 Å². The van der Waals surface area contributed by atoms with Gasteiger partial charge in [0.15, 0.2) is 5.84 Å². The third kappa shape index (κ3) is 5.45. The minimum Gasteiger partial charge on any atom is -0.409 e. The number of hydrogen-bond acceptors (Lipinski definition) is 4. The van der Waals surface area contributed by atoms with Crippen LogP contribution in [0.5, 0.6) is 0 Å². The van der Waals surface area contributed by atoms with Crippen molar-refractivity contribution in [2.75, 3.05) is 32.1 Å². The molecule has 0 amide bonds. The summed E-state index contributed by atoms with van der Waals surface area (Å²) in [6, 6.07) is 0. The van der Waals surface area contributed by atoms with Gasteiger partial charge in [0.1, 0.15) is 5.92 Å². The molecule has 8 heteroatoms. The maximum absolute atomic E-state index is 12.5. The Morgan fingerprint density at radius 3 is 2.50 bits per heavy atom. The third-order valence-electron chi connectivity index (χ3n) is 2.04. The molecule has 0 fully saturated rings. The van der Waals surface area contributed by atoms with E-state index >= 15 is 0 Å². The van der Waals surface area contributed by atoms with E-state index in [1.807, 2.05) is 6.26 Å². The van der Waals surface area contributed by atoms with Crippen LogP contribution in [0, 0.1) is 5.92 Å². The van der Waals surface area contributed by atoms with Crippen LogP contribution in [0.15, 0.2) is 5.16 Å². The van der Waals surface area contributed by atoms with Crippen LogP contribution in [0.4, 0.5) is 13.2 Å². The zero-order chi connectivity index (χ0) is 12.8.